The van der Waals surface area contributed by atoms with Gasteiger partial charge in [0.25, 0.3) is 0 Å². The first-order valence-electron chi connectivity index (χ1n) is 7.04. The second kappa shape index (κ2) is 4.11. The van der Waals surface area contributed by atoms with Crippen molar-refractivity contribution < 1.29 is 4.79 Å². The molecule has 96 valence electrons. The number of nitrogens with zero attached hydrogens (tertiary/aromatic N) is 1. The molecule has 0 spiro atoms. The summed E-state index contributed by atoms with van der Waals surface area (Å²) in [6.45, 7) is 5.33. The molecule has 1 aliphatic heterocycles. The third-order valence-electron chi connectivity index (χ3n) is 4.61. The maximum Gasteiger partial charge on any atom is 0.227 e. The van der Waals surface area contributed by atoms with Gasteiger partial charge in [0.05, 0.1) is 0 Å². The quantitative estimate of drug-likeness (QED) is 0.795. The van der Waals surface area contributed by atoms with Crippen molar-refractivity contribution in [3.8, 4) is 0 Å². The number of carbonyl (C=O) groups is 1. The summed E-state index contributed by atoms with van der Waals surface area (Å²) < 4.78 is 0. The third-order valence-corrected chi connectivity index (χ3v) is 4.61. The minimum atomic E-state index is 0.0216. The molecule has 3 rings (SSSR count). The van der Waals surface area contributed by atoms with E-state index in [-0.39, 0.29) is 5.41 Å². The third kappa shape index (κ3) is 1.84. The normalized spacial score (nSPS) is 27.2. The van der Waals surface area contributed by atoms with E-state index < -0.39 is 0 Å². The Morgan fingerprint density at radius 3 is 2.72 bits per heavy atom. The lowest BCUT2D eigenvalue weighted by Crippen LogP contribution is -2.43. The van der Waals surface area contributed by atoms with E-state index in [2.05, 4.69) is 32.0 Å². The first-order valence-corrected chi connectivity index (χ1v) is 7.04. The van der Waals surface area contributed by atoms with Crippen LogP contribution in [0.4, 0.5) is 5.69 Å². The maximum atomic E-state index is 12.4. The van der Waals surface area contributed by atoms with Gasteiger partial charge in [-0.25, -0.2) is 0 Å². The highest BCUT2D eigenvalue weighted by Gasteiger charge is 2.40. The van der Waals surface area contributed by atoms with Crippen LogP contribution in [0.2, 0.25) is 0 Å². The Balaban J connectivity index is 2.02. The number of rotatable bonds is 3. The zero-order valence-corrected chi connectivity index (χ0v) is 11.3. The van der Waals surface area contributed by atoms with E-state index in [4.69, 9.17) is 0 Å². The van der Waals surface area contributed by atoms with Crippen LogP contribution in [0.5, 0.6) is 0 Å². The number of hydrogen-bond acceptors (Lipinski definition) is 1. The highest BCUT2D eigenvalue weighted by atomic mass is 16.2. The predicted octanol–water partition coefficient (Wildman–Crippen LogP) is 3.50. The standard InChI is InChI=1S/C16H21NO/c1-3-16(2)10-15(18)17(11-12-8-9-12)14-7-5-4-6-13(14)16/h4-7,12H,3,8-11H2,1-2H3. The SMILES string of the molecule is CCC1(C)CC(=O)N(CC2CC2)c2ccccc21. The second-order valence-electron chi connectivity index (χ2n) is 6.06. The summed E-state index contributed by atoms with van der Waals surface area (Å²) in [5.74, 6) is 1.05. The molecule has 2 heteroatoms. The Morgan fingerprint density at radius 2 is 2.06 bits per heavy atom. The molecular weight excluding hydrogens is 222 g/mol. The van der Waals surface area contributed by atoms with E-state index >= 15 is 0 Å². The monoisotopic (exact) mass is 243 g/mol. The number of carbonyl (C=O) groups excluding carboxylic acids is 1. The second-order valence-corrected chi connectivity index (χ2v) is 6.06. The molecule has 0 N–H and O–H groups in total. The first kappa shape index (κ1) is 11.8. The molecule has 2 nitrogen and oxygen atoms in total. The molecule has 1 unspecified atom stereocenters. The van der Waals surface area contributed by atoms with Crippen LogP contribution in [-0.2, 0) is 10.2 Å². The van der Waals surface area contributed by atoms with E-state index in [0.29, 0.717) is 12.3 Å². The van der Waals surface area contributed by atoms with E-state index in [1.54, 1.807) is 0 Å². The fourth-order valence-electron chi connectivity index (χ4n) is 2.95. The predicted molar refractivity (Wildman–Crippen MR) is 73.8 cm³/mol. The van der Waals surface area contributed by atoms with Gasteiger partial charge >= 0.3 is 0 Å². The zero-order valence-electron chi connectivity index (χ0n) is 11.3. The Kier molecular flexibility index (Phi) is 2.69. The summed E-state index contributed by atoms with van der Waals surface area (Å²) >= 11 is 0. The molecule has 2 aliphatic rings. The van der Waals surface area contributed by atoms with Crippen molar-refractivity contribution in [1.82, 2.24) is 0 Å². The van der Waals surface area contributed by atoms with Gasteiger partial charge in [0.2, 0.25) is 5.91 Å². The first-order chi connectivity index (χ1) is 8.64. The Hall–Kier alpha value is -1.31. The van der Waals surface area contributed by atoms with Crippen LogP contribution >= 0.6 is 0 Å². The number of fused-ring (bicyclic) bond motifs is 1. The molecule has 1 aliphatic carbocycles. The van der Waals surface area contributed by atoms with Gasteiger partial charge in [-0.3, -0.25) is 4.79 Å². The van der Waals surface area contributed by atoms with Crippen LogP contribution < -0.4 is 4.90 Å². The van der Waals surface area contributed by atoms with E-state index in [1.165, 1.54) is 18.4 Å². The van der Waals surface area contributed by atoms with Crippen molar-refractivity contribution in [3.63, 3.8) is 0 Å². The van der Waals surface area contributed by atoms with Crippen molar-refractivity contribution >= 4 is 11.6 Å². The summed E-state index contributed by atoms with van der Waals surface area (Å²) in [5.41, 5.74) is 2.53. The average molecular weight is 243 g/mol. The van der Waals surface area contributed by atoms with E-state index in [9.17, 15) is 4.79 Å². The summed E-state index contributed by atoms with van der Waals surface area (Å²) in [6, 6.07) is 8.46. The van der Waals surface area contributed by atoms with Gasteiger partial charge in [0, 0.05) is 24.1 Å². The maximum absolute atomic E-state index is 12.4. The molecule has 18 heavy (non-hydrogen) atoms. The molecule has 0 bridgehead atoms. The molecule has 1 fully saturated rings. The van der Waals surface area contributed by atoms with Crippen LogP contribution in [0.15, 0.2) is 24.3 Å². The zero-order chi connectivity index (χ0) is 12.8. The molecule has 1 aromatic carbocycles. The van der Waals surface area contributed by atoms with Gasteiger partial charge in [-0.2, -0.15) is 0 Å². The molecule has 1 amide bonds. The summed E-state index contributed by atoms with van der Waals surface area (Å²) in [7, 11) is 0. The van der Waals surface area contributed by atoms with Gasteiger partial charge < -0.3 is 4.90 Å². The Morgan fingerprint density at radius 1 is 1.33 bits per heavy atom. The van der Waals surface area contributed by atoms with Crippen LogP contribution in [0, 0.1) is 5.92 Å². The van der Waals surface area contributed by atoms with Gasteiger partial charge in [0.1, 0.15) is 0 Å². The average Bonchev–Trinajstić information content (AvgIpc) is 3.18. The molecule has 1 atom stereocenters. The summed E-state index contributed by atoms with van der Waals surface area (Å²) in [4.78, 5) is 14.5. The largest absolute Gasteiger partial charge is 0.312 e. The fourth-order valence-corrected chi connectivity index (χ4v) is 2.95. The lowest BCUT2D eigenvalue weighted by atomic mass is 9.73. The lowest BCUT2D eigenvalue weighted by Gasteiger charge is -2.40. The number of benzene rings is 1. The van der Waals surface area contributed by atoms with Gasteiger partial charge in [-0.15, -0.1) is 0 Å². The lowest BCUT2D eigenvalue weighted by molar-refractivity contribution is -0.120. The van der Waals surface area contributed by atoms with Crippen LogP contribution in [0.25, 0.3) is 0 Å². The van der Waals surface area contributed by atoms with Gasteiger partial charge in [-0.1, -0.05) is 32.0 Å². The highest BCUT2D eigenvalue weighted by Crippen LogP contribution is 2.44. The van der Waals surface area contributed by atoms with Crippen molar-refractivity contribution in [2.75, 3.05) is 11.4 Å². The highest BCUT2D eigenvalue weighted by molar-refractivity contribution is 5.97. The smallest absolute Gasteiger partial charge is 0.227 e. The number of para-hydroxylation sites is 1. The van der Waals surface area contributed by atoms with Crippen molar-refractivity contribution in [2.45, 2.75) is 44.9 Å². The fraction of sp³-hybridized carbons (Fsp3) is 0.562. The number of hydrogen-bond donors (Lipinski definition) is 0. The molecule has 0 aromatic heterocycles. The molecule has 1 heterocycles. The van der Waals surface area contributed by atoms with E-state index in [1.807, 2.05) is 11.0 Å². The molecule has 0 radical (unpaired) electrons. The van der Waals surface area contributed by atoms with Crippen LogP contribution in [-0.4, -0.2) is 12.5 Å². The number of anilines is 1. The Bertz CT molecular complexity index is 478. The molecule has 0 saturated heterocycles. The summed E-state index contributed by atoms with van der Waals surface area (Å²) in [5, 5.41) is 0. The van der Waals surface area contributed by atoms with Crippen molar-refractivity contribution in [1.29, 1.82) is 0 Å². The van der Waals surface area contributed by atoms with E-state index in [0.717, 1.165) is 24.6 Å². The van der Waals surface area contributed by atoms with Crippen LogP contribution in [0.3, 0.4) is 0 Å². The molecular formula is C16H21NO. The van der Waals surface area contributed by atoms with Crippen molar-refractivity contribution in [2.24, 2.45) is 5.92 Å². The number of amides is 1. The minimum Gasteiger partial charge on any atom is -0.312 e. The topological polar surface area (TPSA) is 20.3 Å². The van der Waals surface area contributed by atoms with Crippen LogP contribution in [0.1, 0.15) is 45.1 Å². The minimum absolute atomic E-state index is 0.0216. The molecule has 1 aromatic rings. The summed E-state index contributed by atoms with van der Waals surface area (Å²) in [6.07, 6.45) is 4.26. The molecule has 1 saturated carbocycles. The van der Waals surface area contributed by atoms with Gasteiger partial charge in [-0.05, 0) is 36.8 Å². The van der Waals surface area contributed by atoms with Crippen molar-refractivity contribution in [3.05, 3.63) is 29.8 Å². The van der Waals surface area contributed by atoms with Gasteiger partial charge in [0.15, 0.2) is 0 Å². The Labute approximate surface area is 109 Å².